The lowest BCUT2D eigenvalue weighted by atomic mass is 9.87. The molecule has 0 aliphatic rings. The monoisotopic (exact) mass is 278 g/mol. The average molecular weight is 278 g/mol. The standard InChI is InChI=1S/C17H30N2O/c1-17(2,3)12-15(18)10-11-19(4)13-14-8-6-7-9-16(14)20-5/h6-9,15H,10-13,18H2,1-5H3. The molecule has 3 heteroatoms. The molecule has 0 fully saturated rings. The summed E-state index contributed by atoms with van der Waals surface area (Å²) in [7, 11) is 3.86. The molecule has 0 bridgehead atoms. The van der Waals surface area contributed by atoms with Crippen LogP contribution in [0, 0.1) is 5.41 Å². The highest BCUT2D eigenvalue weighted by Gasteiger charge is 2.16. The maximum Gasteiger partial charge on any atom is 0.123 e. The Bertz CT molecular complexity index is 398. The Kier molecular flexibility index (Phi) is 6.50. The molecule has 0 aliphatic heterocycles. The van der Waals surface area contributed by atoms with Crippen LogP contribution in [-0.2, 0) is 6.54 Å². The van der Waals surface area contributed by atoms with E-state index in [9.17, 15) is 0 Å². The molecule has 0 amide bonds. The van der Waals surface area contributed by atoms with Gasteiger partial charge in [-0.15, -0.1) is 0 Å². The second-order valence-corrected chi connectivity index (χ2v) is 6.86. The Morgan fingerprint density at radius 2 is 1.90 bits per heavy atom. The molecule has 1 atom stereocenters. The molecule has 114 valence electrons. The molecule has 3 nitrogen and oxygen atoms in total. The van der Waals surface area contributed by atoms with E-state index < -0.39 is 0 Å². The molecule has 0 heterocycles. The third-order valence-electron chi connectivity index (χ3n) is 3.39. The molecule has 0 radical (unpaired) electrons. The number of para-hydroxylation sites is 1. The Morgan fingerprint density at radius 1 is 1.25 bits per heavy atom. The summed E-state index contributed by atoms with van der Waals surface area (Å²) in [6.45, 7) is 8.63. The van der Waals surface area contributed by atoms with E-state index in [4.69, 9.17) is 10.5 Å². The summed E-state index contributed by atoms with van der Waals surface area (Å²) in [5.41, 5.74) is 7.74. The highest BCUT2D eigenvalue weighted by molar-refractivity contribution is 5.32. The summed E-state index contributed by atoms with van der Waals surface area (Å²) >= 11 is 0. The largest absolute Gasteiger partial charge is 0.496 e. The molecular weight excluding hydrogens is 248 g/mol. The summed E-state index contributed by atoms with van der Waals surface area (Å²) in [4.78, 5) is 2.31. The first-order chi connectivity index (χ1) is 9.31. The molecule has 0 saturated heterocycles. The zero-order chi connectivity index (χ0) is 15.2. The van der Waals surface area contributed by atoms with Gasteiger partial charge >= 0.3 is 0 Å². The van der Waals surface area contributed by atoms with Crippen molar-refractivity contribution < 1.29 is 4.74 Å². The van der Waals surface area contributed by atoms with Gasteiger partial charge in [-0.1, -0.05) is 39.0 Å². The van der Waals surface area contributed by atoms with Crippen LogP contribution in [0.25, 0.3) is 0 Å². The lowest BCUT2D eigenvalue weighted by Gasteiger charge is -2.25. The predicted octanol–water partition coefficient (Wildman–Crippen LogP) is 3.28. The third kappa shape index (κ3) is 6.40. The van der Waals surface area contributed by atoms with Gasteiger partial charge in [-0.3, -0.25) is 0 Å². The normalized spacial score (nSPS) is 13.6. The van der Waals surface area contributed by atoms with E-state index in [0.717, 1.165) is 31.7 Å². The molecule has 1 aromatic carbocycles. The second-order valence-electron chi connectivity index (χ2n) is 6.86. The van der Waals surface area contributed by atoms with Gasteiger partial charge in [0.15, 0.2) is 0 Å². The van der Waals surface area contributed by atoms with Crippen molar-refractivity contribution in [1.29, 1.82) is 0 Å². The zero-order valence-corrected chi connectivity index (χ0v) is 13.6. The van der Waals surface area contributed by atoms with Crippen LogP contribution in [-0.4, -0.2) is 31.6 Å². The Labute approximate surface area is 124 Å². The number of rotatable bonds is 7. The van der Waals surface area contributed by atoms with Crippen LogP contribution in [0.2, 0.25) is 0 Å². The molecular formula is C17H30N2O. The Hall–Kier alpha value is -1.06. The summed E-state index contributed by atoms with van der Waals surface area (Å²) in [6.07, 6.45) is 2.10. The van der Waals surface area contributed by atoms with Crippen LogP contribution in [0.5, 0.6) is 5.75 Å². The van der Waals surface area contributed by atoms with Gasteiger partial charge < -0.3 is 15.4 Å². The fraction of sp³-hybridized carbons (Fsp3) is 0.647. The fourth-order valence-electron chi connectivity index (χ4n) is 2.48. The van der Waals surface area contributed by atoms with Crippen molar-refractivity contribution in [2.24, 2.45) is 11.1 Å². The summed E-state index contributed by atoms with van der Waals surface area (Å²) < 4.78 is 5.39. The molecule has 0 aromatic heterocycles. The average Bonchev–Trinajstić information content (AvgIpc) is 2.35. The Morgan fingerprint density at radius 3 is 2.50 bits per heavy atom. The smallest absolute Gasteiger partial charge is 0.123 e. The van der Waals surface area contributed by atoms with E-state index in [2.05, 4.69) is 44.9 Å². The quantitative estimate of drug-likeness (QED) is 0.832. The molecule has 0 spiro atoms. The first-order valence-electron chi connectivity index (χ1n) is 7.38. The van der Waals surface area contributed by atoms with Gasteiger partial charge in [0, 0.05) is 18.2 Å². The van der Waals surface area contributed by atoms with E-state index in [1.54, 1.807) is 7.11 Å². The minimum Gasteiger partial charge on any atom is -0.496 e. The molecule has 0 aliphatic carbocycles. The minimum atomic E-state index is 0.273. The minimum absolute atomic E-state index is 0.273. The van der Waals surface area contributed by atoms with Crippen LogP contribution in [0.1, 0.15) is 39.2 Å². The van der Waals surface area contributed by atoms with E-state index in [0.29, 0.717) is 5.41 Å². The number of hydrogen-bond donors (Lipinski definition) is 1. The van der Waals surface area contributed by atoms with Crippen molar-refractivity contribution in [1.82, 2.24) is 4.90 Å². The van der Waals surface area contributed by atoms with Crippen LogP contribution >= 0.6 is 0 Å². The highest BCUT2D eigenvalue weighted by atomic mass is 16.5. The number of nitrogens with zero attached hydrogens (tertiary/aromatic N) is 1. The van der Waals surface area contributed by atoms with Gasteiger partial charge in [0.05, 0.1) is 7.11 Å². The maximum atomic E-state index is 6.21. The molecule has 1 aromatic rings. The van der Waals surface area contributed by atoms with Crippen LogP contribution in [0.3, 0.4) is 0 Å². The lowest BCUT2D eigenvalue weighted by Crippen LogP contribution is -2.31. The second kappa shape index (κ2) is 7.65. The van der Waals surface area contributed by atoms with Gasteiger partial charge in [0.1, 0.15) is 5.75 Å². The molecule has 1 rings (SSSR count). The van der Waals surface area contributed by atoms with Crippen molar-refractivity contribution in [3.8, 4) is 5.75 Å². The number of nitrogens with two attached hydrogens (primary N) is 1. The number of benzene rings is 1. The van der Waals surface area contributed by atoms with E-state index in [1.165, 1.54) is 5.56 Å². The van der Waals surface area contributed by atoms with E-state index in [-0.39, 0.29) is 6.04 Å². The first-order valence-corrected chi connectivity index (χ1v) is 7.38. The lowest BCUT2D eigenvalue weighted by molar-refractivity contribution is 0.275. The van der Waals surface area contributed by atoms with Crippen LogP contribution in [0.4, 0.5) is 0 Å². The van der Waals surface area contributed by atoms with Gasteiger partial charge in [-0.25, -0.2) is 0 Å². The molecule has 0 saturated carbocycles. The van der Waals surface area contributed by atoms with Crippen molar-refractivity contribution in [2.75, 3.05) is 20.7 Å². The zero-order valence-electron chi connectivity index (χ0n) is 13.6. The summed E-state index contributed by atoms with van der Waals surface area (Å²) in [6, 6.07) is 8.45. The maximum absolute atomic E-state index is 6.21. The predicted molar refractivity (Wildman–Crippen MR) is 86.0 cm³/mol. The van der Waals surface area contributed by atoms with Crippen molar-refractivity contribution in [3.05, 3.63) is 29.8 Å². The van der Waals surface area contributed by atoms with Crippen molar-refractivity contribution in [2.45, 2.75) is 46.2 Å². The Balaban J connectivity index is 2.42. The summed E-state index contributed by atoms with van der Waals surface area (Å²) in [5.74, 6) is 0.957. The van der Waals surface area contributed by atoms with Crippen LogP contribution < -0.4 is 10.5 Å². The molecule has 20 heavy (non-hydrogen) atoms. The van der Waals surface area contributed by atoms with Gasteiger partial charge in [0.25, 0.3) is 0 Å². The third-order valence-corrected chi connectivity index (χ3v) is 3.39. The number of methoxy groups -OCH3 is 1. The summed E-state index contributed by atoms with van der Waals surface area (Å²) in [5, 5.41) is 0. The first kappa shape index (κ1) is 17.0. The van der Waals surface area contributed by atoms with E-state index >= 15 is 0 Å². The molecule has 2 N–H and O–H groups in total. The van der Waals surface area contributed by atoms with Gasteiger partial charge in [-0.2, -0.15) is 0 Å². The number of hydrogen-bond acceptors (Lipinski definition) is 3. The van der Waals surface area contributed by atoms with Gasteiger partial charge in [0.2, 0.25) is 0 Å². The number of ether oxygens (including phenoxy) is 1. The van der Waals surface area contributed by atoms with Crippen molar-refractivity contribution in [3.63, 3.8) is 0 Å². The highest BCUT2D eigenvalue weighted by Crippen LogP contribution is 2.22. The fourth-order valence-corrected chi connectivity index (χ4v) is 2.48. The van der Waals surface area contributed by atoms with E-state index in [1.807, 2.05) is 12.1 Å². The van der Waals surface area contributed by atoms with Crippen molar-refractivity contribution >= 4 is 0 Å². The molecule has 1 unspecified atom stereocenters. The van der Waals surface area contributed by atoms with Gasteiger partial charge in [-0.05, 0) is 37.9 Å². The SMILES string of the molecule is COc1ccccc1CN(C)CCC(N)CC(C)(C)C. The van der Waals surface area contributed by atoms with Crippen LogP contribution in [0.15, 0.2) is 24.3 Å². The topological polar surface area (TPSA) is 38.5 Å².